The second-order valence-corrected chi connectivity index (χ2v) is 3.39. The van der Waals surface area contributed by atoms with Gasteiger partial charge in [0.25, 0.3) is 0 Å². The highest BCUT2D eigenvalue weighted by Gasteiger charge is 2.14. The summed E-state index contributed by atoms with van der Waals surface area (Å²) in [5.41, 5.74) is 3.35. The van der Waals surface area contributed by atoms with Crippen molar-refractivity contribution in [1.29, 1.82) is 0 Å². The van der Waals surface area contributed by atoms with E-state index in [-0.39, 0.29) is 0 Å². The Labute approximate surface area is 80.6 Å². The lowest BCUT2D eigenvalue weighted by Crippen LogP contribution is -1.92. The summed E-state index contributed by atoms with van der Waals surface area (Å²) in [4.78, 5) is 4.51. The third-order valence-electron chi connectivity index (χ3n) is 2.50. The maximum absolute atomic E-state index is 4.51. The number of nitrogens with zero attached hydrogens (tertiary/aromatic N) is 4. The Bertz CT molecular complexity index is 448. The predicted octanol–water partition coefficient (Wildman–Crippen LogP) is 0.750. The summed E-state index contributed by atoms with van der Waals surface area (Å²) in [5.74, 6) is 0.569. The molecule has 2 aromatic rings. The molecule has 1 N–H and O–H groups in total. The first kappa shape index (κ1) is 7.61. The highest BCUT2D eigenvalue weighted by molar-refractivity contribution is 5.49. The maximum Gasteiger partial charge on any atom is 0.222 e. The molecule has 2 aromatic heterocycles. The minimum Gasteiger partial charge on any atom is -0.249 e. The topological polar surface area (TPSA) is 67.3 Å². The number of aryl methyl sites for hydroxylation is 2. The molecule has 5 heteroatoms. The molecule has 1 aliphatic rings. The Morgan fingerprint density at radius 3 is 3.07 bits per heavy atom. The summed E-state index contributed by atoms with van der Waals surface area (Å²) < 4.78 is 0. The summed E-state index contributed by atoms with van der Waals surface area (Å²) in [7, 11) is 0. The number of hydrogen-bond donors (Lipinski definition) is 1. The molecule has 70 valence electrons. The fourth-order valence-corrected chi connectivity index (χ4v) is 1.82. The quantitative estimate of drug-likeness (QED) is 0.715. The van der Waals surface area contributed by atoms with Gasteiger partial charge in [0.05, 0.1) is 0 Å². The number of pyridine rings is 1. The van der Waals surface area contributed by atoms with E-state index in [9.17, 15) is 0 Å². The van der Waals surface area contributed by atoms with E-state index in [4.69, 9.17) is 0 Å². The molecule has 0 aromatic carbocycles. The normalized spacial score (nSPS) is 14.3. The molecule has 0 saturated carbocycles. The van der Waals surface area contributed by atoms with E-state index >= 15 is 0 Å². The summed E-state index contributed by atoms with van der Waals surface area (Å²) >= 11 is 0. The SMILES string of the molecule is c1cc2c(nc1-c1nn[nH]n1)CCC2. The molecule has 0 bridgehead atoms. The molecule has 0 radical (unpaired) electrons. The maximum atomic E-state index is 4.51. The van der Waals surface area contributed by atoms with E-state index in [2.05, 4.69) is 31.7 Å². The fourth-order valence-electron chi connectivity index (χ4n) is 1.82. The van der Waals surface area contributed by atoms with Crippen molar-refractivity contribution in [1.82, 2.24) is 25.6 Å². The highest BCUT2D eigenvalue weighted by Crippen LogP contribution is 2.22. The Kier molecular flexibility index (Phi) is 1.56. The van der Waals surface area contributed by atoms with Crippen LogP contribution >= 0.6 is 0 Å². The summed E-state index contributed by atoms with van der Waals surface area (Å²) in [6.45, 7) is 0. The predicted molar refractivity (Wildman–Crippen MR) is 49.4 cm³/mol. The Morgan fingerprint density at radius 2 is 2.21 bits per heavy atom. The second-order valence-electron chi connectivity index (χ2n) is 3.39. The van der Waals surface area contributed by atoms with Crippen LogP contribution in [0.2, 0.25) is 0 Å². The fraction of sp³-hybridized carbons (Fsp3) is 0.333. The van der Waals surface area contributed by atoms with Gasteiger partial charge in [-0.25, -0.2) is 4.98 Å². The average Bonchev–Trinajstić information content (AvgIpc) is 2.88. The molecule has 0 spiro atoms. The Balaban J connectivity index is 2.09. The van der Waals surface area contributed by atoms with Gasteiger partial charge < -0.3 is 0 Å². The van der Waals surface area contributed by atoms with Crippen molar-refractivity contribution in [2.75, 3.05) is 0 Å². The lowest BCUT2D eigenvalue weighted by Gasteiger charge is -1.99. The largest absolute Gasteiger partial charge is 0.249 e. The van der Waals surface area contributed by atoms with E-state index in [0.29, 0.717) is 5.82 Å². The van der Waals surface area contributed by atoms with Crippen LogP contribution in [-0.4, -0.2) is 25.6 Å². The van der Waals surface area contributed by atoms with Gasteiger partial charge in [0.2, 0.25) is 5.82 Å². The number of H-pyrrole nitrogens is 1. The van der Waals surface area contributed by atoms with Crippen LogP contribution < -0.4 is 0 Å². The summed E-state index contributed by atoms with van der Waals surface area (Å²) in [6.07, 6.45) is 3.42. The van der Waals surface area contributed by atoms with Gasteiger partial charge in [-0.05, 0) is 36.1 Å². The zero-order valence-corrected chi connectivity index (χ0v) is 7.56. The third kappa shape index (κ3) is 1.09. The summed E-state index contributed by atoms with van der Waals surface area (Å²) in [6, 6.07) is 4.07. The molecule has 0 saturated heterocycles. The number of tetrazole rings is 1. The lowest BCUT2D eigenvalue weighted by atomic mass is 10.2. The van der Waals surface area contributed by atoms with Gasteiger partial charge in [0.15, 0.2) is 0 Å². The first-order valence-electron chi connectivity index (χ1n) is 4.66. The molecule has 14 heavy (non-hydrogen) atoms. The highest BCUT2D eigenvalue weighted by atomic mass is 15.5. The zero-order chi connectivity index (χ0) is 9.38. The molecule has 0 fully saturated rings. The molecular weight excluding hydrogens is 178 g/mol. The van der Waals surface area contributed by atoms with Gasteiger partial charge in [-0.1, -0.05) is 6.07 Å². The Hall–Kier alpha value is -1.78. The van der Waals surface area contributed by atoms with Gasteiger partial charge >= 0.3 is 0 Å². The zero-order valence-electron chi connectivity index (χ0n) is 7.56. The first-order chi connectivity index (χ1) is 6.93. The van der Waals surface area contributed by atoms with E-state index < -0.39 is 0 Å². The van der Waals surface area contributed by atoms with Crippen LogP contribution in [0.3, 0.4) is 0 Å². The first-order valence-corrected chi connectivity index (χ1v) is 4.66. The molecule has 3 rings (SSSR count). The average molecular weight is 187 g/mol. The van der Waals surface area contributed by atoms with Crippen LogP contribution in [0.15, 0.2) is 12.1 Å². The van der Waals surface area contributed by atoms with Gasteiger partial charge in [-0.2, -0.15) is 5.21 Å². The smallest absolute Gasteiger partial charge is 0.222 e. The summed E-state index contributed by atoms with van der Waals surface area (Å²) in [5, 5.41) is 13.7. The molecule has 0 atom stereocenters. The van der Waals surface area contributed by atoms with Crippen molar-refractivity contribution in [3.8, 4) is 11.5 Å². The number of rotatable bonds is 1. The van der Waals surface area contributed by atoms with Crippen LogP contribution in [0.1, 0.15) is 17.7 Å². The Morgan fingerprint density at radius 1 is 1.21 bits per heavy atom. The molecule has 1 aliphatic carbocycles. The number of aromatic nitrogens is 5. The second kappa shape index (κ2) is 2.87. The molecular formula is C9H9N5. The molecule has 0 unspecified atom stereocenters. The van der Waals surface area contributed by atoms with Crippen molar-refractivity contribution in [3.05, 3.63) is 23.4 Å². The molecule has 2 heterocycles. The van der Waals surface area contributed by atoms with Crippen LogP contribution in [0.5, 0.6) is 0 Å². The van der Waals surface area contributed by atoms with Crippen molar-refractivity contribution in [3.63, 3.8) is 0 Å². The van der Waals surface area contributed by atoms with Crippen LogP contribution in [0.25, 0.3) is 11.5 Å². The number of aromatic amines is 1. The van der Waals surface area contributed by atoms with E-state index in [1.807, 2.05) is 6.07 Å². The number of nitrogens with one attached hydrogen (secondary N) is 1. The van der Waals surface area contributed by atoms with E-state index in [1.165, 1.54) is 17.7 Å². The molecule has 5 nitrogen and oxygen atoms in total. The van der Waals surface area contributed by atoms with Crippen LogP contribution in [0.4, 0.5) is 0 Å². The van der Waals surface area contributed by atoms with E-state index in [1.54, 1.807) is 0 Å². The van der Waals surface area contributed by atoms with E-state index in [0.717, 1.165) is 18.5 Å². The van der Waals surface area contributed by atoms with Crippen LogP contribution in [-0.2, 0) is 12.8 Å². The van der Waals surface area contributed by atoms with Gasteiger partial charge in [0.1, 0.15) is 5.69 Å². The van der Waals surface area contributed by atoms with Gasteiger partial charge in [-0.3, -0.25) is 0 Å². The monoisotopic (exact) mass is 187 g/mol. The minimum atomic E-state index is 0.569. The minimum absolute atomic E-state index is 0.569. The van der Waals surface area contributed by atoms with Crippen molar-refractivity contribution >= 4 is 0 Å². The van der Waals surface area contributed by atoms with Gasteiger partial charge in [0, 0.05) is 5.69 Å². The lowest BCUT2D eigenvalue weighted by molar-refractivity contribution is 0.881. The number of fused-ring (bicyclic) bond motifs is 1. The molecule has 0 amide bonds. The van der Waals surface area contributed by atoms with Crippen molar-refractivity contribution < 1.29 is 0 Å². The van der Waals surface area contributed by atoms with Crippen molar-refractivity contribution in [2.45, 2.75) is 19.3 Å². The van der Waals surface area contributed by atoms with Crippen molar-refractivity contribution in [2.24, 2.45) is 0 Å². The van der Waals surface area contributed by atoms with Gasteiger partial charge in [-0.15, -0.1) is 10.2 Å². The third-order valence-corrected chi connectivity index (χ3v) is 2.50. The van der Waals surface area contributed by atoms with Crippen LogP contribution in [0, 0.1) is 0 Å². The standard InChI is InChI=1S/C9H9N5/c1-2-6-4-5-8(10-7(6)3-1)9-11-13-14-12-9/h4-5H,1-3H2,(H,11,12,13,14). The number of hydrogen-bond acceptors (Lipinski definition) is 4. The molecule has 0 aliphatic heterocycles.